The molecule has 0 saturated heterocycles. The fourth-order valence-corrected chi connectivity index (χ4v) is 3.77. The van der Waals surface area contributed by atoms with Crippen molar-refractivity contribution in [3.8, 4) is 0 Å². The predicted octanol–water partition coefficient (Wildman–Crippen LogP) is 4.16. The van der Waals surface area contributed by atoms with Crippen molar-refractivity contribution in [3.05, 3.63) is 35.5 Å². The second kappa shape index (κ2) is 5.61. The van der Waals surface area contributed by atoms with E-state index in [0.717, 1.165) is 12.5 Å². The zero-order valence-electron chi connectivity index (χ0n) is 12.9. The Morgan fingerprint density at radius 2 is 1.95 bits per heavy atom. The van der Waals surface area contributed by atoms with Gasteiger partial charge in [-0.2, -0.15) is 0 Å². The standard InChI is InChI=1S/C18H26N2/c1-13-16-10-6-7-11-17(16)20(3)18(13)12-19-14(2)15-8-4-5-9-15/h6-7,10-11,14-15,19H,4-5,8-9,12H2,1-3H3/t14-/m0/s1. The molecule has 0 unspecified atom stereocenters. The normalized spacial score (nSPS) is 17.9. The Labute approximate surface area is 122 Å². The first-order valence-corrected chi connectivity index (χ1v) is 7.94. The summed E-state index contributed by atoms with van der Waals surface area (Å²) in [6.07, 6.45) is 5.65. The number of hydrogen-bond donors (Lipinski definition) is 1. The van der Waals surface area contributed by atoms with Crippen LogP contribution in [0.4, 0.5) is 0 Å². The quantitative estimate of drug-likeness (QED) is 0.883. The number of aryl methyl sites for hydroxylation is 2. The molecule has 0 aliphatic heterocycles. The molecule has 1 atom stereocenters. The monoisotopic (exact) mass is 270 g/mol. The van der Waals surface area contributed by atoms with Crippen molar-refractivity contribution in [2.75, 3.05) is 0 Å². The molecule has 0 bridgehead atoms. The maximum absolute atomic E-state index is 3.76. The fourth-order valence-electron chi connectivity index (χ4n) is 3.77. The minimum absolute atomic E-state index is 0.634. The minimum atomic E-state index is 0.634. The topological polar surface area (TPSA) is 17.0 Å². The van der Waals surface area contributed by atoms with Crippen LogP contribution in [0, 0.1) is 12.8 Å². The molecule has 1 N–H and O–H groups in total. The molecule has 0 spiro atoms. The summed E-state index contributed by atoms with van der Waals surface area (Å²) in [4.78, 5) is 0. The maximum Gasteiger partial charge on any atom is 0.0483 e. The summed E-state index contributed by atoms with van der Waals surface area (Å²) >= 11 is 0. The van der Waals surface area contributed by atoms with E-state index in [1.165, 1.54) is 47.8 Å². The summed E-state index contributed by atoms with van der Waals surface area (Å²) in [5.41, 5.74) is 4.19. The largest absolute Gasteiger partial charge is 0.346 e. The SMILES string of the molecule is Cc1c(CN[C@@H](C)C2CCCC2)n(C)c2ccccc12. The Morgan fingerprint density at radius 3 is 2.65 bits per heavy atom. The third kappa shape index (κ3) is 2.37. The molecule has 1 aromatic heterocycles. The molecule has 1 heterocycles. The third-order valence-electron chi connectivity index (χ3n) is 5.21. The molecule has 1 fully saturated rings. The van der Waals surface area contributed by atoms with Crippen LogP contribution in [0.25, 0.3) is 10.9 Å². The predicted molar refractivity (Wildman–Crippen MR) is 85.9 cm³/mol. The van der Waals surface area contributed by atoms with Crippen molar-refractivity contribution < 1.29 is 0 Å². The van der Waals surface area contributed by atoms with Crippen LogP contribution in [0.15, 0.2) is 24.3 Å². The van der Waals surface area contributed by atoms with E-state index in [1.54, 1.807) is 0 Å². The third-order valence-corrected chi connectivity index (χ3v) is 5.21. The summed E-state index contributed by atoms with van der Waals surface area (Å²) in [6, 6.07) is 9.34. The summed E-state index contributed by atoms with van der Waals surface area (Å²) < 4.78 is 2.35. The molecule has 1 aromatic carbocycles. The van der Waals surface area contributed by atoms with Crippen LogP contribution in [0.1, 0.15) is 43.9 Å². The van der Waals surface area contributed by atoms with Gasteiger partial charge in [0.25, 0.3) is 0 Å². The molecule has 1 aliphatic carbocycles. The number of para-hydroxylation sites is 1. The highest BCUT2D eigenvalue weighted by Gasteiger charge is 2.21. The van der Waals surface area contributed by atoms with E-state index in [1.807, 2.05) is 0 Å². The van der Waals surface area contributed by atoms with E-state index in [-0.39, 0.29) is 0 Å². The van der Waals surface area contributed by atoms with Crippen molar-refractivity contribution in [3.63, 3.8) is 0 Å². The molecule has 1 aliphatic rings. The van der Waals surface area contributed by atoms with Gasteiger partial charge in [-0.05, 0) is 44.2 Å². The highest BCUT2D eigenvalue weighted by molar-refractivity contribution is 5.85. The summed E-state index contributed by atoms with van der Waals surface area (Å²) in [6.45, 7) is 5.59. The van der Waals surface area contributed by atoms with Crippen LogP contribution in [0.2, 0.25) is 0 Å². The van der Waals surface area contributed by atoms with Gasteiger partial charge in [0, 0.05) is 36.2 Å². The molecule has 2 aromatic rings. The van der Waals surface area contributed by atoms with Crippen LogP contribution in [0.3, 0.4) is 0 Å². The first kappa shape index (κ1) is 13.7. The van der Waals surface area contributed by atoms with Crippen molar-refractivity contribution in [2.45, 2.75) is 52.1 Å². The average molecular weight is 270 g/mol. The molecule has 2 nitrogen and oxygen atoms in total. The van der Waals surface area contributed by atoms with Gasteiger partial charge in [0.15, 0.2) is 0 Å². The van der Waals surface area contributed by atoms with Crippen molar-refractivity contribution in [2.24, 2.45) is 13.0 Å². The first-order chi connectivity index (χ1) is 9.68. The molecule has 20 heavy (non-hydrogen) atoms. The lowest BCUT2D eigenvalue weighted by atomic mass is 10.00. The first-order valence-electron chi connectivity index (χ1n) is 7.94. The van der Waals surface area contributed by atoms with E-state index < -0.39 is 0 Å². The van der Waals surface area contributed by atoms with Gasteiger partial charge in [0.05, 0.1) is 0 Å². The Kier molecular flexibility index (Phi) is 3.84. The second-order valence-electron chi connectivity index (χ2n) is 6.36. The van der Waals surface area contributed by atoms with E-state index >= 15 is 0 Å². The Hall–Kier alpha value is -1.28. The van der Waals surface area contributed by atoms with Crippen LogP contribution in [0.5, 0.6) is 0 Å². The number of hydrogen-bond acceptors (Lipinski definition) is 1. The van der Waals surface area contributed by atoms with Gasteiger partial charge in [-0.1, -0.05) is 31.0 Å². The molecule has 3 rings (SSSR count). The van der Waals surface area contributed by atoms with E-state index in [0.29, 0.717) is 6.04 Å². The number of nitrogens with zero attached hydrogens (tertiary/aromatic N) is 1. The van der Waals surface area contributed by atoms with E-state index in [2.05, 4.69) is 55.0 Å². The summed E-state index contributed by atoms with van der Waals surface area (Å²) in [5, 5.41) is 5.15. The molecule has 2 heteroatoms. The molecule has 1 saturated carbocycles. The summed E-state index contributed by atoms with van der Waals surface area (Å²) in [5.74, 6) is 0.880. The number of fused-ring (bicyclic) bond motifs is 1. The lowest BCUT2D eigenvalue weighted by molar-refractivity contribution is 0.377. The van der Waals surface area contributed by atoms with Gasteiger partial charge in [0.1, 0.15) is 0 Å². The number of nitrogens with one attached hydrogen (secondary N) is 1. The van der Waals surface area contributed by atoms with Crippen LogP contribution in [-0.2, 0) is 13.6 Å². The Bertz CT molecular complexity index is 552. The lowest BCUT2D eigenvalue weighted by Gasteiger charge is -2.21. The van der Waals surface area contributed by atoms with Gasteiger partial charge in [-0.3, -0.25) is 0 Å². The highest BCUT2D eigenvalue weighted by atomic mass is 15.0. The smallest absolute Gasteiger partial charge is 0.0483 e. The maximum atomic E-state index is 3.76. The lowest BCUT2D eigenvalue weighted by Crippen LogP contribution is -2.32. The van der Waals surface area contributed by atoms with Gasteiger partial charge < -0.3 is 9.88 Å². The highest BCUT2D eigenvalue weighted by Crippen LogP contribution is 2.28. The minimum Gasteiger partial charge on any atom is -0.346 e. The zero-order valence-corrected chi connectivity index (χ0v) is 12.9. The number of benzene rings is 1. The van der Waals surface area contributed by atoms with Gasteiger partial charge >= 0.3 is 0 Å². The molecule has 0 amide bonds. The Balaban J connectivity index is 1.77. The molecule has 108 valence electrons. The van der Waals surface area contributed by atoms with Crippen LogP contribution in [-0.4, -0.2) is 10.6 Å². The van der Waals surface area contributed by atoms with Crippen LogP contribution < -0.4 is 5.32 Å². The average Bonchev–Trinajstić information content (AvgIpc) is 3.07. The van der Waals surface area contributed by atoms with E-state index in [9.17, 15) is 0 Å². The van der Waals surface area contributed by atoms with Crippen molar-refractivity contribution in [1.82, 2.24) is 9.88 Å². The van der Waals surface area contributed by atoms with E-state index in [4.69, 9.17) is 0 Å². The number of rotatable bonds is 4. The fraction of sp³-hybridized carbons (Fsp3) is 0.556. The summed E-state index contributed by atoms with van der Waals surface area (Å²) in [7, 11) is 2.19. The van der Waals surface area contributed by atoms with Gasteiger partial charge in [-0.15, -0.1) is 0 Å². The zero-order chi connectivity index (χ0) is 14.1. The van der Waals surface area contributed by atoms with Gasteiger partial charge in [-0.25, -0.2) is 0 Å². The number of aromatic nitrogens is 1. The van der Waals surface area contributed by atoms with Crippen LogP contribution >= 0.6 is 0 Å². The van der Waals surface area contributed by atoms with Crippen molar-refractivity contribution in [1.29, 1.82) is 0 Å². The van der Waals surface area contributed by atoms with Gasteiger partial charge in [0.2, 0.25) is 0 Å². The molecule has 0 radical (unpaired) electrons. The Morgan fingerprint density at radius 1 is 1.25 bits per heavy atom. The second-order valence-corrected chi connectivity index (χ2v) is 6.36. The molecular formula is C18H26N2. The molecular weight excluding hydrogens is 244 g/mol. The van der Waals surface area contributed by atoms with Crippen molar-refractivity contribution >= 4 is 10.9 Å².